The number of anilines is 3. The quantitative estimate of drug-likeness (QED) is 0.625. The van der Waals surface area contributed by atoms with Gasteiger partial charge in [-0.3, -0.25) is 0 Å². The zero-order chi connectivity index (χ0) is 22.3. The minimum absolute atomic E-state index is 0.276. The number of morpholine rings is 1. The Hall–Kier alpha value is -2.52. The molecule has 1 unspecified atom stereocenters. The smallest absolute Gasteiger partial charge is 0.227 e. The van der Waals surface area contributed by atoms with Crippen LogP contribution in [0.2, 0.25) is 0 Å². The second-order valence-corrected chi connectivity index (χ2v) is 8.61. The van der Waals surface area contributed by atoms with Gasteiger partial charge in [0, 0.05) is 44.5 Å². The highest BCUT2D eigenvalue weighted by Crippen LogP contribution is 2.21. The highest BCUT2D eigenvalue weighted by atomic mass is 19.1. The van der Waals surface area contributed by atoms with E-state index in [2.05, 4.69) is 49.2 Å². The van der Waals surface area contributed by atoms with Crippen LogP contribution < -0.4 is 15.1 Å². The van der Waals surface area contributed by atoms with Gasteiger partial charge in [0.25, 0.3) is 0 Å². The number of nitrogens with one attached hydrogen (secondary N) is 1. The zero-order valence-corrected chi connectivity index (χ0v) is 19.1. The van der Waals surface area contributed by atoms with Crippen LogP contribution in [0.15, 0.2) is 24.4 Å². The van der Waals surface area contributed by atoms with E-state index in [1.807, 2.05) is 17.9 Å². The maximum absolute atomic E-state index is 14.2. The molecular formula is C23H34FN7O. The summed E-state index contributed by atoms with van der Waals surface area (Å²) in [6, 6.07) is 6.71. The van der Waals surface area contributed by atoms with Crippen molar-refractivity contribution in [1.29, 1.82) is 0 Å². The van der Waals surface area contributed by atoms with Crippen LogP contribution in [0.3, 0.4) is 0 Å². The number of likely N-dealkylation sites (N-methyl/N-ethyl adjacent to an activating group) is 1. The Morgan fingerprint density at radius 1 is 1.19 bits per heavy atom. The second-order valence-electron chi connectivity index (χ2n) is 8.61. The Bertz CT molecular complexity index is 877. The van der Waals surface area contributed by atoms with Crippen molar-refractivity contribution < 1.29 is 9.13 Å². The molecular weight excluding hydrogens is 409 g/mol. The third-order valence-electron chi connectivity index (χ3n) is 6.22. The van der Waals surface area contributed by atoms with Gasteiger partial charge in [-0.2, -0.15) is 4.98 Å². The number of hydrogen-bond donors (Lipinski definition) is 1. The topological polar surface area (TPSA) is 69.7 Å². The van der Waals surface area contributed by atoms with Crippen molar-refractivity contribution in [2.45, 2.75) is 32.2 Å². The van der Waals surface area contributed by atoms with Crippen molar-refractivity contribution in [1.82, 2.24) is 19.9 Å². The molecule has 0 bridgehead atoms. The lowest BCUT2D eigenvalue weighted by molar-refractivity contribution is 0.122. The van der Waals surface area contributed by atoms with Crippen LogP contribution in [-0.4, -0.2) is 85.4 Å². The van der Waals surface area contributed by atoms with Crippen molar-refractivity contribution in [2.75, 3.05) is 74.6 Å². The van der Waals surface area contributed by atoms with E-state index in [9.17, 15) is 4.39 Å². The van der Waals surface area contributed by atoms with Crippen LogP contribution in [0.1, 0.15) is 25.0 Å². The van der Waals surface area contributed by atoms with Crippen LogP contribution in [0, 0.1) is 12.7 Å². The zero-order valence-electron chi connectivity index (χ0n) is 19.1. The van der Waals surface area contributed by atoms with Gasteiger partial charge in [0.05, 0.1) is 19.4 Å². The lowest BCUT2D eigenvalue weighted by atomic mass is 10.0. The molecule has 1 atom stereocenters. The molecule has 174 valence electrons. The largest absolute Gasteiger partial charge is 0.378 e. The number of hydrogen-bond acceptors (Lipinski definition) is 8. The molecule has 0 saturated carbocycles. The Balaban J connectivity index is 1.24. The molecule has 9 heteroatoms. The minimum Gasteiger partial charge on any atom is -0.378 e. The molecule has 4 rings (SSSR count). The number of aromatic nitrogens is 3. The summed E-state index contributed by atoms with van der Waals surface area (Å²) in [5.74, 6) is 1.49. The van der Waals surface area contributed by atoms with Gasteiger partial charge in [0.1, 0.15) is 5.82 Å². The molecule has 2 aliphatic heterocycles. The van der Waals surface area contributed by atoms with Gasteiger partial charge in [-0.15, -0.1) is 0 Å². The summed E-state index contributed by atoms with van der Waals surface area (Å²) in [5.41, 5.74) is 1.05. The van der Waals surface area contributed by atoms with Crippen molar-refractivity contribution in [3.63, 3.8) is 0 Å². The first-order chi connectivity index (χ1) is 15.6. The van der Waals surface area contributed by atoms with Crippen LogP contribution in [0.4, 0.5) is 22.0 Å². The normalized spacial score (nSPS) is 19.4. The Morgan fingerprint density at radius 2 is 2.03 bits per heavy atom. The van der Waals surface area contributed by atoms with Gasteiger partial charge in [-0.1, -0.05) is 6.07 Å². The van der Waals surface area contributed by atoms with Gasteiger partial charge in [0.15, 0.2) is 11.6 Å². The standard InChI is InChI=1S/C23H34FN7O/c1-18-6-3-8-21(27-18)31-11-4-7-19(17-31)29(2)10-5-9-25-22-20(24)16-26-23(28-22)30-12-14-32-15-13-30/h3,6,8,16,19H,4-5,7,9-15,17H2,1-2H3,(H,25,26,28). The fourth-order valence-corrected chi connectivity index (χ4v) is 4.34. The summed E-state index contributed by atoms with van der Waals surface area (Å²) < 4.78 is 19.6. The molecule has 0 spiro atoms. The van der Waals surface area contributed by atoms with E-state index in [-0.39, 0.29) is 5.82 Å². The number of rotatable bonds is 8. The van der Waals surface area contributed by atoms with E-state index in [1.54, 1.807) is 0 Å². The first kappa shape index (κ1) is 22.7. The molecule has 2 aliphatic rings. The molecule has 0 amide bonds. The summed E-state index contributed by atoms with van der Waals surface area (Å²) in [6.07, 6.45) is 4.52. The first-order valence-corrected chi connectivity index (χ1v) is 11.6. The van der Waals surface area contributed by atoms with Crippen LogP contribution in [0.25, 0.3) is 0 Å². The molecule has 2 aromatic rings. The summed E-state index contributed by atoms with van der Waals surface area (Å²) >= 11 is 0. The third kappa shape index (κ3) is 5.83. The highest BCUT2D eigenvalue weighted by Gasteiger charge is 2.24. The van der Waals surface area contributed by atoms with Gasteiger partial charge in [-0.25, -0.2) is 14.4 Å². The second kappa shape index (κ2) is 10.9. The maximum Gasteiger partial charge on any atom is 0.227 e. The van der Waals surface area contributed by atoms with Gasteiger partial charge >= 0.3 is 0 Å². The summed E-state index contributed by atoms with van der Waals surface area (Å²) in [6.45, 7) is 8.44. The van der Waals surface area contributed by atoms with Crippen LogP contribution >= 0.6 is 0 Å². The van der Waals surface area contributed by atoms with Crippen LogP contribution in [-0.2, 0) is 4.74 Å². The van der Waals surface area contributed by atoms with E-state index in [0.29, 0.717) is 31.7 Å². The maximum atomic E-state index is 14.2. The lowest BCUT2D eigenvalue weighted by Crippen LogP contribution is -2.47. The number of ether oxygens (including phenoxy) is 1. The highest BCUT2D eigenvalue weighted by molar-refractivity contribution is 5.43. The molecule has 2 saturated heterocycles. The number of halogens is 1. The monoisotopic (exact) mass is 443 g/mol. The van der Waals surface area contributed by atoms with Crippen molar-refractivity contribution in [3.05, 3.63) is 35.9 Å². The van der Waals surface area contributed by atoms with Gasteiger partial charge < -0.3 is 24.8 Å². The fourth-order valence-electron chi connectivity index (χ4n) is 4.34. The van der Waals surface area contributed by atoms with E-state index in [4.69, 9.17) is 4.74 Å². The number of nitrogens with zero attached hydrogens (tertiary/aromatic N) is 6. The molecule has 0 radical (unpaired) electrons. The molecule has 0 aliphatic carbocycles. The molecule has 0 aromatic carbocycles. The number of aryl methyl sites for hydroxylation is 1. The first-order valence-electron chi connectivity index (χ1n) is 11.6. The van der Waals surface area contributed by atoms with E-state index < -0.39 is 5.82 Å². The van der Waals surface area contributed by atoms with E-state index in [0.717, 1.165) is 50.7 Å². The summed E-state index contributed by atoms with van der Waals surface area (Å²) in [5, 5.41) is 3.16. The third-order valence-corrected chi connectivity index (χ3v) is 6.22. The van der Waals surface area contributed by atoms with Crippen molar-refractivity contribution in [2.24, 2.45) is 0 Å². The molecule has 8 nitrogen and oxygen atoms in total. The molecule has 32 heavy (non-hydrogen) atoms. The predicted molar refractivity (Wildman–Crippen MR) is 125 cm³/mol. The van der Waals surface area contributed by atoms with Crippen molar-refractivity contribution >= 4 is 17.6 Å². The Labute approximate surface area is 189 Å². The van der Waals surface area contributed by atoms with Crippen LogP contribution in [0.5, 0.6) is 0 Å². The molecule has 2 fully saturated rings. The van der Waals surface area contributed by atoms with Crippen molar-refractivity contribution in [3.8, 4) is 0 Å². The molecule has 4 heterocycles. The van der Waals surface area contributed by atoms with E-state index >= 15 is 0 Å². The number of pyridine rings is 1. The SMILES string of the molecule is Cc1cccc(N2CCCC(N(C)CCCNc3nc(N4CCOCC4)ncc3F)C2)n1. The van der Waals surface area contributed by atoms with Gasteiger partial charge in [-0.05, 0) is 51.9 Å². The lowest BCUT2D eigenvalue weighted by Gasteiger charge is -2.38. The summed E-state index contributed by atoms with van der Waals surface area (Å²) in [7, 11) is 2.18. The molecule has 1 N–H and O–H groups in total. The molecule has 2 aromatic heterocycles. The fraction of sp³-hybridized carbons (Fsp3) is 0.609. The predicted octanol–water partition coefficient (Wildman–Crippen LogP) is 2.56. The van der Waals surface area contributed by atoms with E-state index in [1.165, 1.54) is 19.0 Å². The average Bonchev–Trinajstić information content (AvgIpc) is 2.83. The number of piperidine rings is 1. The van der Waals surface area contributed by atoms with Gasteiger partial charge in [0.2, 0.25) is 5.95 Å². The minimum atomic E-state index is -0.413. The average molecular weight is 444 g/mol. The summed E-state index contributed by atoms with van der Waals surface area (Å²) in [4.78, 5) is 20.1. The Kier molecular flexibility index (Phi) is 7.70. The Morgan fingerprint density at radius 3 is 2.84 bits per heavy atom.